The fourth-order valence-electron chi connectivity index (χ4n) is 1.46. The van der Waals surface area contributed by atoms with Gasteiger partial charge in [-0.15, -0.1) is 0 Å². The number of halogens is 2. The molecule has 6 heteroatoms. The second kappa shape index (κ2) is 6.07. The molecular formula is C12H14Cl2N2O2. The fourth-order valence-corrected chi connectivity index (χ4v) is 1.95. The third-order valence-corrected chi connectivity index (χ3v) is 2.98. The largest absolute Gasteiger partial charge is 0.368 e. The smallest absolute Gasteiger partial charge is 0.253 e. The molecule has 0 saturated carbocycles. The number of amides is 2. The third kappa shape index (κ3) is 3.62. The lowest BCUT2D eigenvalue weighted by Gasteiger charge is -2.19. The van der Waals surface area contributed by atoms with Gasteiger partial charge >= 0.3 is 0 Å². The Labute approximate surface area is 115 Å². The lowest BCUT2D eigenvalue weighted by molar-refractivity contribution is -0.120. The Kier molecular flexibility index (Phi) is 4.99. The van der Waals surface area contributed by atoms with E-state index in [0.717, 1.165) is 0 Å². The minimum atomic E-state index is -0.732. The first-order valence-corrected chi connectivity index (χ1v) is 6.13. The van der Waals surface area contributed by atoms with Gasteiger partial charge in [-0.25, -0.2) is 0 Å². The van der Waals surface area contributed by atoms with Crippen molar-refractivity contribution in [1.29, 1.82) is 0 Å². The van der Waals surface area contributed by atoms with Crippen LogP contribution in [0.2, 0.25) is 10.0 Å². The molecule has 0 saturated heterocycles. The number of carbonyl (C=O) groups excluding carboxylic acids is 2. The van der Waals surface area contributed by atoms with Crippen molar-refractivity contribution in [2.24, 2.45) is 11.7 Å². The van der Waals surface area contributed by atoms with Gasteiger partial charge in [0.25, 0.3) is 5.91 Å². The van der Waals surface area contributed by atoms with Crippen LogP contribution in [0.15, 0.2) is 18.2 Å². The average molecular weight is 289 g/mol. The molecule has 0 aliphatic rings. The number of hydrogen-bond acceptors (Lipinski definition) is 2. The summed E-state index contributed by atoms with van der Waals surface area (Å²) in [5, 5.41) is 3.22. The summed E-state index contributed by atoms with van der Waals surface area (Å²) >= 11 is 11.6. The highest BCUT2D eigenvalue weighted by Crippen LogP contribution is 2.21. The first-order valence-electron chi connectivity index (χ1n) is 5.38. The van der Waals surface area contributed by atoms with Crippen LogP contribution in [-0.4, -0.2) is 17.9 Å². The molecule has 1 aromatic carbocycles. The summed E-state index contributed by atoms with van der Waals surface area (Å²) in [5.74, 6) is -1.13. The topological polar surface area (TPSA) is 72.2 Å². The number of nitrogens with one attached hydrogen (secondary N) is 1. The second-order valence-electron chi connectivity index (χ2n) is 4.22. The maximum Gasteiger partial charge on any atom is 0.253 e. The minimum Gasteiger partial charge on any atom is -0.368 e. The van der Waals surface area contributed by atoms with Gasteiger partial charge in [0.1, 0.15) is 6.04 Å². The van der Waals surface area contributed by atoms with Crippen LogP contribution in [-0.2, 0) is 4.79 Å². The van der Waals surface area contributed by atoms with Gasteiger partial charge in [0.15, 0.2) is 0 Å². The van der Waals surface area contributed by atoms with Crippen LogP contribution in [0.5, 0.6) is 0 Å². The van der Waals surface area contributed by atoms with E-state index >= 15 is 0 Å². The van der Waals surface area contributed by atoms with Crippen LogP contribution in [0.1, 0.15) is 24.2 Å². The number of hydrogen-bond donors (Lipinski definition) is 2. The Morgan fingerprint density at radius 1 is 1.28 bits per heavy atom. The monoisotopic (exact) mass is 288 g/mol. The molecule has 3 N–H and O–H groups in total. The van der Waals surface area contributed by atoms with E-state index in [1.54, 1.807) is 19.9 Å². The van der Waals surface area contributed by atoms with Gasteiger partial charge in [0, 0.05) is 5.02 Å². The number of nitrogens with two attached hydrogens (primary N) is 1. The standard InChI is InChI=1S/C12H14Cl2N2O2/c1-6(2)10(11(15)17)16-12(18)8-4-3-7(13)5-9(8)14/h3-6,10H,1-2H3,(H2,15,17)(H,16,18)/t10-/m0/s1. The first-order chi connectivity index (χ1) is 8.32. The van der Waals surface area contributed by atoms with Gasteiger partial charge in [0.05, 0.1) is 10.6 Å². The number of rotatable bonds is 4. The van der Waals surface area contributed by atoms with Gasteiger partial charge in [-0.2, -0.15) is 0 Å². The first kappa shape index (κ1) is 14.8. The van der Waals surface area contributed by atoms with Crippen molar-refractivity contribution in [1.82, 2.24) is 5.32 Å². The normalized spacial score (nSPS) is 12.3. The van der Waals surface area contributed by atoms with Crippen LogP contribution in [0.4, 0.5) is 0 Å². The van der Waals surface area contributed by atoms with E-state index in [1.807, 2.05) is 0 Å². The van der Waals surface area contributed by atoms with Crippen molar-refractivity contribution in [3.8, 4) is 0 Å². The van der Waals surface area contributed by atoms with Crippen molar-refractivity contribution in [3.05, 3.63) is 33.8 Å². The summed E-state index contributed by atoms with van der Waals surface area (Å²) < 4.78 is 0. The highest BCUT2D eigenvalue weighted by Gasteiger charge is 2.23. The molecule has 18 heavy (non-hydrogen) atoms. The maximum atomic E-state index is 11.9. The van der Waals surface area contributed by atoms with Crippen LogP contribution in [0, 0.1) is 5.92 Å². The lowest BCUT2D eigenvalue weighted by atomic mass is 10.0. The predicted molar refractivity (Wildman–Crippen MR) is 71.7 cm³/mol. The molecule has 2 amide bonds. The SMILES string of the molecule is CC(C)[C@H](NC(=O)c1ccc(Cl)cc1Cl)C(N)=O. The molecule has 0 bridgehead atoms. The van der Waals surface area contributed by atoms with E-state index in [9.17, 15) is 9.59 Å². The Hall–Kier alpha value is -1.26. The van der Waals surface area contributed by atoms with E-state index in [2.05, 4.69) is 5.32 Å². The summed E-state index contributed by atoms with van der Waals surface area (Å²) in [6, 6.07) is 3.78. The molecule has 1 rings (SSSR count). The Morgan fingerprint density at radius 3 is 2.33 bits per heavy atom. The quantitative estimate of drug-likeness (QED) is 0.892. The van der Waals surface area contributed by atoms with Crippen LogP contribution >= 0.6 is 23.2 Å². The Bertz CT molecular complexity index is 475. The number of benzene rings is 1. The molecular weight excluding hydrogens is 275 g/mol. The Morgan fingerprint density at radius 2 is 1.89 bits per heavy atom. The van der Waals surface area contributed by atoms with Gasteiger partial charge < -0.3 is 11.1 Å². The zero-order valence-corrected chi connectivity index (χ0v) is 11.5. The molecule has 0 fully saturated rings. The van der Waals surface area contributed by atoms with Crippen molar-refractivity contribution in [3.63, 3.8) is 0 Å². The highest BCUT2D eigenvalue weighted by molar-refractivity contribution is 6.36. The van der Waals surface area contributed by atoms with Crippen LogP contribution < -0.4 is 11.1 Å². The second-order valence-corrected chi connectivity index (χ2v) is 5.07. The molecule has 1 atom stereocenters. The highest BCUT2D eigenvalue weighted by atomic mass is 35.5. The third-order valence-electron chi connectivity index (χ3n) is 2.44. The molecule has 1 aromatic rings. The molecule has 0 aliphatic carbocycles. The van der Waals surface area contributed by atoms with E-state index in [0.29, 0.717) is 5.02 Å². The number of carbonyl (C=O) groups is 2. The summed E-state index contributed by atoms with van der Waals surface area (Å²) in [4.78, 5) is 23.1. The average Bonchev–Trinajstić information content (AvgIpc) is 2.24. The lowest BCUT2D eigenvalue weighted by Crippen LogP contribution is -2.47. The molecule has 0 heterocycles. The van der Waals surface area contributed by atoms with Crippen LogP contribution in [0.3, 0.4) is 0 Å². The Balaban J connectivity index is 2.91. The van der Waals surface area contributed by atoms with Crippen molar-refractivity contribution >= 4 is 35.0 Å². The van der Waals surface area contributed by atoms with E-state index in [-0.39, 0.29) is 16.5 Å². The van der Waals surface area contributed by atoms with E-state index in [1.165, 1.54) is 12.1 Å². The molecule has 0 spiro atoms. The molecule has 0 unspecified atom stereocenters. The van der Waals surface area contributed by atoms with E-state index < -0.39 is 17.9 Å². The van der Waals surface area contributed by atoms with Gasteiger partial charge in [-0.3, -0.25) is 9.59 Å². The van der Waals surface area contributed by atoms with E-state index in [4.69, 9.17) is 28.9 Å². The zero-order valence-electron chi connectivity index (χ0n) is 10.0. The van der Waals surface area contributed by atoms with Gasteiger partial charge in [-0.05, 0) is 24.1 Å². The summed E-state index contributed by atoms with van der Waals surface area (Å²) in [5.41, 5.74) is 5.48. The molecule has 0 aromatic heterocycles. The predicted octanol–water partition coefficient (Wildman–Crippen LogP) is 2.23. The molecule has 98 valence electrons. The fraction of sp³-hybridized carbons (Fsp3) is 0.333. The van der Waals surface area contributed by atoms with Gasteiger partial charge in [-0.1, -0.05) is 37.0 Å². The zero-order chi connectivity index (χ0) is 13.9. The summed E-state index contributed by atoms with van der Waals surface area (Å²) in [6.45, 7) is 3.58. The van der Waals surface area contributed by atoms with Crippen molar-refractivity contribution in [2.45, 2.75) is 19.9 Å². The summed E-state index contributed by atoms with van der Waals surface area (Å²) in [6.07, 6.45) is 0. The maximum absolute atomic E-state index is 11.9. The molecule has 4 nitrogen and oxygen atoms in total. The van der Waals surface area contributed by atoms with Crippen LogP contribution in [0.25, 0.3) is 0 Å². The van der Waals surface area contributed by atoms with Gasteiger partial charge in [0.2, 0.25) is 5.91 Å². The van der Waals surface area contributed by atoms with Crippen molar-refractivity contribution in [2.75, 3.05) is 0 Å². The number of primary amides is 1. The summed E-state index contributed by atoms with van der Waals surface area (Å²) in [7, 11) is 0. The minimum absolute atomic E-state index is 0.0995. The van der Waals surface area contributed by atoms with Crippen molar-refractivity contribution < 1.29 is 9.59 Å². The molecule has 0 radical (unpaired) electrons. The molecule has 0 aliphatic heterocycles.